The number of hydrogen-bond donors (Lipinski definition) is 0. The summed E-state index contributed by atoms with van der Waals surface area (Å²) in [7, 11) is 1.41. The van der Waals surface area contributed by atoms with E-state index in [9.17, 15) is 19.7 Å². The van der Waals surface area contributed by atoms with E-state index in [1.807, 2.05) is 0 Å². The molecule has 1 aliphatic rings. The van der Waals surface area contributed by atoms with Gasteiger partial charge in [-0.05, 0) is 64.0 Å². The third-order valence-electron chi connectivity index (χ3n) is 4.77. The number of nitrogens with zero attached hydrogens (tertiary/aromatic N) is 2. The Morgan fingerprint density at radius 1 is 1.17 bits per heavy atom. The van der Waals surface area contributed by atoms with Crippen molar-refractivity contribution in [3.8, 4) is 11.5 Å². The van der Waals surface area contributed by atoms with E-state index in [1.165, 1.54) is 31.4 Å². The topological polar surface area (TPSA) is 117 Å². The molecule has 0 atom stereocenters. The number of cyclic esters (lactones) is 1. The van der Waals surface area contributed by atoms with Crippen LogP contribution in [0.2, 0.25) is 5.02 Å². The highest BCUT2D eigenvalue weighted by molar-refractivity contribution is 9.10. The molecule has 0 radical (unpaired) electrons. The van der Waals surface area contributed by atoms with Gasteiger partial charge in [0.1, 0.15) is 5.02 Å². The molecular formula is C24H14BrClN2O7. The van der Waals surface area contributed by atoms with Gasteiger partial charge in [-0.1, -0.05) is 29.8 Å². The van der Waals surface area contributed by atoms with E-state index < -0.39 is 16.9 Å². The first kappa shape index (κ1) is 24.1. The summed E-state index contributed by atoms with van der Waals surface area (Å²) < 4.78 is 16.4. The molecule has 1 heterocycles. The Balaban J connectivity index is 1.64. The number of nitro benzene ring substituents is 1. The van der Waals surface area contributed by atoms with E-state index >= 15 is 0 Å². The second-order valence-electron chi connectivity index (χ2n) is 7.05. The molecule has 11 heteroatoms. The van der Waals surface area contributed by atoms with Gasteiger partial charge in [-0.25, -0.2) is 14.6 Å². The van der Waals surface area contributed by atoms with E-state index in [4.69, 9.17) is 25.8 Å². The molecule has 0 fully saturated rings. The van der Waals surface area contributed by atoms with Crippen molar-refractivity contribution in [3.05, 3.63) is 103 Å². The molecule has 1 aliphatic heterocycles. The summed E-state index contributed by atoms with van der Waals surface area (Å²) in [6, 6.07) is 15.6. The zero-order valence-electron chi connectivity index (χ0n) is 17.9. The maximum absolute atomic E-state index is 12.5. The Hall–Kier alpha value is -4.02. The van der Waals surface area contributed by atoms with Crippen LogP contribution in [0.5, 0.6) is 11.5 Å². The number of halogens is 2. The number of esters is 2. The number of aliphatic imine (C=N–C) groups is 1. The molecule has 0 aromatic heterocycles. The Bertz CT molecular complexity index is 1420. The van der Waals surface area contributed by atoms with Gasteiger partial charge >= 0.3 is 11.9 Å². The van der Waals surface area contributed by atoms with E-state index in [-0.39, 0.29) is 39.4 Å². The molecule has 0 N–H and O–H groups in total. The number of carbonyl (C=O) groups is 2. The Labute approximate surface area is 211 Å². The summed E-state index contributed by atoms with van der Waals surface area (Å²) in [5.74, 6) is -1.01. The first-order valence-corrected chi connectivity index (χ1v) is 11.1. The standard InChI is InChI=1S/C24H14BrClN2O7/c1-33-20-11-13(9-16(25)21(20)34-23(29)14-5-3-2-4-6-14)10-18-24(30)35-22(27-18)15-7-8-17(26)19(12-15)28(31)32/h2-12H,1H3/b18-10-. The fourth-order valence-corrected chi connectivity index (χ4v) is 3.85. The molecule has 3 aromatic carbocycles. The summed E-state index contributed by atoms with van der Waals surface area (Å²) in [5.41, 5.74) is 0.702. The highest BCUT2D eigenvalue weighted by atomic mass is 79.9. The second-order valence-corrected chi connectivity index (χ2v) is 8.31. The van der Waals surface area contributed by atoms with Crippen LogP contribution in [0.1, 0.15) is 21.5 Å². The van der Waals surface area contributed by atoms with Gasteiger partial charge < -0.3 is 14.2 Å². The summed E-state index contributed by atoms with van der Waals surface area (Å²) in [6.45, 7) is 0. The van der Waals surface area contributed by atoms with Crippen molar-refractivity contribution in [3.63, 3.8) is 0 Å². The van der Waals surface area contributed by atoms with Crippen molar-refractivity contribution in [1.82, 2.24) is 0 Å². The lowest BCUT2D eigenvalue weighted by atomic mass is 10.1. The minimum absolute atomic E-state index is 0.0411. The number of benzene rings is 3. The molecule has 0 saturated heterocycles. The van der Waals surface area contributed by atoms with Crippen LogP contribution >= 0.6 is 27.5 Å². The van der Waals surface area contributed by atoms with E-state index in [1.54, 1.807) is 42.5 Å². The predicted molar refractivity (Wildman–Crippen MR) is 131 cm³/mol. The monoisotopic (exact) mass is 556 g/mol. The molecule has 176 valence electrons. The van der Waals surface area contributed by atoms with Crippen LogP contribution in [0, 0.1) is 10.1 Å². The third kappa shape index (κ3) is 5.23. The van der Waals surface area contributed by atoms with Crippen molar-refractivity contribution >= 4 is 57.1 Å². The van der Waals surface area contributed by atoms with Crippen LogP contribution in [0.4, 0.5) is 5.69 Å². The van der Waals surface area contributed by atoms with Gasteiger partial charge in [-0.3, -0.25) is 10.1 Å². The molecule has 35 heavy (non-hydrogen) atoms. The summed E-state index contributed by atoms with van der Waals surface area (Å²) >= 11 is 9.20. The molecule has 0 spiro atoms. The normalized spacial score (nSPS) is 13.9. The Kier molecular flexibility index (Phi) is 6.94. The fraction of sp³-hybridized carbons (Fsp3) is 0.0417. The number of ether oxygens (including phenoxy) is 3. The van der Waals surface area contributed by atoms with E-state index in [0.717, 1.165) is 0 Å². The van der Waals surface area contributed by atoms with Crippen molar-refractivity contribution in [2.24, 2.45) is 4.99 Å². The molecule has 4 rings (SSSR count). The number of methoxy groups -OCH3 is 1. The number of rotatable bonds is 6. The molecule has 0 saturated carbocycles. The molecule has 0 aliphatic carbocycles. The lowest BCUT2D eigenvalue weighted by Gasteiger charge is -2.12. The van der Waals surface area contributed by atoms with Gasteiger partial charge in [0.15, 0.2) is 17.2 Å². The quantitative estimate of drug-likeness (QED) is 0.128. The van der Waals surface area contributed by atoms with Crippen LogP contribution in [0.3, 0.4) is 0 Å². The molecule has 0 bridgehead atoms. The van der Waals surface area contributed by atoms with Gasteiger partial charge in [-0.2, -0.15) is 0 Å². The Morgan fingerprint density at radius 3 is 2.60 bits per heavy atom. The minimum atomic E-state index is -0.743. The molecular weight excluding hydrogens is 544 g/mol. The first-order valence-electron chi connectivity index (χ1n) is 9.88. The summed E-state index contributed by atoms with van der Waals surface area (Å²) in [5, 5.41) is 11.1. The van der Waals surface area contributed by atoms with Crippen LogP contribution in [-0.2, 0) is 9.53 Å². The third-order valence-corrected chi connectivity index (χ3v) is 5.68. The highest BCUT2D eigenvalue weighted by Crippen LogP contribution is 2.38. The number of carbonyl (C=O) groups excluding carboxylic acids is 2. The largest absolute Gasteiger partial charge is 0.493 e. The molecule has 0 unspecified atom stereocenters. The SMILES string of the molecule is COc1cc(/C=C2\N=C(c3ccc(Cl)c([N+](=O)[O-])c3)OC2=O)cc(Br)c1OC(=O)c1ccccc1. The lowest BCUT2D eigenvalue weighted by molar-refractivity contribution is -0.384. The van der Waals surface area contributed by atoms with Gasteiger partial charge in [0.2, 0.25) is 5.90 Å². The van der Waals surface area contributed by atoms with E-state index in [2.05, 4.69) is 20.9 Å². The molecule has 9 nitrogen and oxygen atoms in total. The van der Waals surface area contributed by atoms with Gasteiger partial charge in [0.25, 0.3) is 5.69 Å². The number of hydrogen-bond acceptors (Lipinski definition) is 8. The molecule has 0 amide bonds. The van der Waals surface area contributed by atoms with Crippen molar-refractivity contribution < 1.29 is 28.7 Å². The maximum atomic E-state index is 12.5. The molecule has 3 aromatic rings. The average Bonchev–Trinajstić information content (AvgIpc) is 3.21. The smallest absolute Gasteiger partial charge is 0.363 e. The van der Waals surface area contributed by atoms with E-state index in [0.29, 0.717) is 15.6 Å². The van der Waals surface area contributed by atoms with Crippen LogP contribution < -0.4 is 9.47 Å². The van der Waals surface area contributed by atoms with Crippen molar-refractivity contribution in [1.29, 1.82) is 0 Å². The highest BCUT2D eigenvalue weighted by Gasteiger charge is 2.26. The summed E-state index contributed by atoms with van der Waals surface area (Å²) in [6.07, 6.45) is 1.44. The average molecular weight is 558 g/mol. The Morgan fingerprint density at radius 2 is 1.91 bits per heavy atom. The van der Waals surface area contributed by atoms with Crippen LogP contribution in [0.15, 0.2) is 75.8 Å². The van der Waals surface area contributed by atoms with Gasteiger partial charge in [-0.15, -0.1) is 0 Å². The van der Waals surface area contributed by atoms with Crippen molar-refractivity contribution in [2.45, 2.75) is 0 Å². The summed E-state index contributed by atoms with van der Waals surface area (Å²) in [4.78, 5) is 39.5. The second kappa shape index (κ2) is 10.1. The zero-order valence-corrected chi connectivity index (χ0v) is 20.2. The predicted octanol–water partition coefficient (Wildman–Crippen LogP) is 5.58. The fourth-order valence-electron chi connectivity index (χ4n) is 3.12. The first-order chi connectivity index (χ1) is 16.8. The van der Waals surface area contributed by atoms with Gasteiger partial charge in [0.05, 0.1) is 22.1 Å². The van der Waals surface area contributed by atoms with Crippen molar-refractivity contribution in [2.75, 3.05) is 7.11 Å². The van der Waals surface area contributed by atoms with Crippen LogP contribution in [0.25, 0.3) is 6.08 Å². The maximum Gasteiger partial charge on any atom is 0.363 e. The zero-order chi connectivity index (χ0) is 25.1. The minimum Gasteiger partial charge on any atom is -0.493 e. The number of nitro groups is 1. The van der Waals surface area contributed by atoms with Gasteiger partial charge in [0, 0.05) is 11.6 Å². The lowest BCUT2D eigenvalue weighted by Crippen LogP contribution is -2.09. The van der Waals surface area contributed by atoms with Crippen LogP contribution in [-0.4, -0.2) is 29.9 Å².